The highest BCUT2D eigenvalue weighted by molar-refractivity contribution is 5.75. The molecule has 3 atom stereocenters. The fraction of sp³-hybridized carbons (Fsp3) is 0.917. The molecule has 100 valence electrons. The summed E-state index contributed by atoms with van der Waals surface area (Å²) in [4.78, 5) is 15.8. The molecule has 0 spiro atoms. The third-order valence-corrected chi connectivity index (χ3v) is 3.14. The van der Waals surface area contributed by atoms with E-state index in [1.165, 1.54) is 0 Å². The minimum atomic E-state index is -0.336. The Morgan fingerprint density at radius 2 is 2.24 bits per heavy atom. The Labute approximate surface area is 103 Å². The Balaban J connectivity index is 2.62. The lowest BCUT2D eigenvalue weighted by Gasteiger charge is -2.30. The Hall–Kier alpha value is -0.650. The van der Waals surface area contributed by atoms with Crippen LogP contribution in [0.3, 0.4) is 0 Å². The zero-order valence-corrected chi connectivity index (χ0v) is 11.2. The first-order chi connectivity index (χ1) is 7.95. The van der Waals surface area contributed by atoms with Gasteiger partial charge in [0.25, 0.3) is 0 Å². The van der Waals surface area contributed by atoms with E-state index in [-0.39, 0.29) is 24.2 Å². The number of carbonyl (C=O) groups excluding carboxylic acids is 1. The van der Waals surface area contributed by atoms with Crippen molar-refractivity contribution in [2.24, 2.45) is 0 Å². The van der Waals surface area contributed by atoms with Crippen LogP contribution >= 0.6 is 0 Å². The maximum atomic E-state index is 11.7. The molecule has 1 rings (SSSR count). The molecule has 1 N–H and O–H groups in total. The molecule has 3 unspecified atom stereocenters. The lowest BCUT2D eigenvalue weighted by Crippen LogP contribution is -2.46. The standard InChI is InChI=1S/C12H24N2O3/c1-5-17-12(16)9(2)14-8-11(15)6-10(14)7-13(3)4/h9-11,15H,5-8H2,1-4H3. The molecule has 0 radical (unpaired) electrons. The summed E-state index contributed by atoms with van der Waals surface area (Å²) in [7, 11) is 4.00. The minimum Gasteiger partial charge on any atom is -0.465 e. The second-order valence-corrected chi connectivity index (χ2v) is 4.93. The van der Waals surface area contributed by atoms with Gasteiger partial charge in [0.2, 0.25) is 0 Å². The van der Waals surface area contributed by atoms with E-state index >= 15 is 0 Å². The van der Waals surface area contributed by atoms with Gasteiger partial charge in [0.05, 0.1) is 12.7 Å². The number of hydrogen-bond acceptors (Lipinski definition) is 5. The molecular weight excluding hydrogens is 220 g/mol. The van der Waals surface area contributed by atoms with Crippen molar-refractivity contribution in [1.29, 1.82) is 0 Å². The minimum absolute atomic E-state index is 0.203. The van der Waals surface area contributed by atoms with Crippen LogP contribution in [0.2, 0.25) is 0 Å². The van der Waals surface area contributed by atoms with Crippen LogP contribution in [0.15, 0.2) is 0 Å². The molecule has 1 fully saturated rings. The number of hydrogen-bond donors (Lipinski definition) is 1. The number of likely N-dealkylation sites (N-methyl/N-ethyl adjacent to an activating group) is 1. The van der Waals surface area contributed by atoms with Gasteiger partial charge < -0.3 is 14.7 Å². The SMILES string of the molecule is CCOC(=O)C(C)N1CC(O)CC1CN(C)C. The normalized spacial score (nSPS) is 27.4. The van der Waals surface area contributed by atoms with Crippen molar-refractivity contribution in [1.82, 2.24) is 9.80 Å². The second kappa shape index (κ2) is 6.33. The van der Waals surface area contributed by atoms with E-state index in [9.17, 15) is 9.90 Å². The van der Waals surface area contributed by atoms with Crippen LogP contribution in [-0.4, -0.2) is 72.9 Å². The summed E-state index contributed by atoms with van der Waals surface area (Å²) in [5, 5.41) is 9.73. The first kappa shape index (κ1) is 14.4. The number of aliphatic hydroxyl groups excluding tert-OH is 1. The molecule has 1 aliphatic heterocycles. The predicted octanol–water partition coefficient (Wildman–Crippen LogP) is -0.0652. The molecule has 0 aromatic heterocycles. The summed E-state index contributed by atoms with van der Waals surface area (Å²) in [6.07, 6.45) is 0.388. The summed E-state index contributed by atoms with van der Waals surface area (Å²) >= 11 is 0. The number of nitrogens with zero attached hydrogens (tertiary/aromatic N) is 2. The Morgan fingerprint density at radius 3 is 2.76 bits per heavy atom. The van der Waals surface area contributed by atoms with Crippen molar-refractivity contribution in [3.63, 3.8) is 0 Å². The Bertz CT molecular complexity index is 258. The van der Waals surface area contributed by atoms with Crippen molar-refractivity contribution in [2.45, 2.75) is 38.5 Å². The Kier molecular flexibility index (Phi) is 5.36. The largest absolute Gasteiger partial charge is 0.465 e. The highest BCUT2D eigenvalue weighted by atomic mass is 16.5. The number of rotatable bonds is 5. The fourth-order valence-corrected chi connectivity index (χ4v) is 2.39. The first-order valence-electron chi connectivity index (χ1n) is 6.20. The monoisotopic (exact) mass is 244 g/mol. The molecule has 0 amide bonds. The van der Waals surface area contributed by atoms with Crippen molar-refractivity contribution in [3.8, 4) is 0 Å². The first-order valence-corrected chi connectivity index (χ1v) is 6.20. The van der Waals surface area contributed by atoms with Crippen molar-refractivity contribution < 1.29 is 14.6 Å². The average molecular weight is 244 g/mol. The van der Waals surface area contributed by atoms with Gasteiger partial charge in [-0.3, -0.25) is 9.69 Å². The van der Waals surface area contributed by atoms with Gasteiger partial charge in [-0.05, 0) is 34.4 Å². The van der Waals surface area contributed by atoms with E-state index in [4.69, 9.17) is 4.74 Å². The Morgan fingerprint density at radius 1 is 1.59 bits per heavy atom. The summed E-state index contributed by atoms with van der Waals surface area (Å²) in [5.74, 6) is -0.203. The topological polar surface area (TPSA) is 53.0 Å². The molecule has 1 saturated heterocycles. The molecule has 1 aliphatic rings. The zero-order valence-electron chi connectivity index (χ0n) is 11.2. The van der Waals surface area contributed by atoms with Crippen molar-refractivity contribution in [3.05, 3.63) is 0 Å². The third kappa shape index (κ3) is 3.94. The van der Waals surface area contributed by atoms with E-state index < -0.39 is 0 Å². The molecule has 0 aromatic rings. The van der Waals surface area contributed by atoms with Gasteiger partial charge in [-0.1, -0.05) is 0 Å². The van der Waals surface area contributed by atoms with Crippen LogP contribution in [0, 0.1) is 0 Å². The average Bonchev–Trinajstić information content (AvgIpc) is 2.57. The van der Waals surface area contributed by atoms with Gasteiger partial charge in [-0.25, -0.2) is 0 Å². The number of aliphatic hydroxyl groups is 1. The van der Waals surface area contributed by atoms with Crippen molar-refractivity contribution >= 4 is 5.97 Å². The van der Waals surface area contributed by atoms with Gasteiger partial charge in [0.1, 0.15) is 6.04 Å². The zero-order chi connectivity index (χ0) is 13.0. The van der Waals surface area contributed by atoms with Crippen LogP contribution in [0.25, 0.3) is 0 Å². The van der Waals surface area contributed by atoms with Gasteiger partial charge in [0.15, 0.2) is 0 Å². The van der Waals surface area contributed by atoms with E-state index in [1.807, 2.05) is 25.9 Å². The molecule has 5 nitrogen and oxygen atoms in total. The molecule has 0 saturated carbocycles. The van der Waals surface area contributed by atoms with Crippen LogP contribution in [0.1, 0.15) is 20.3 Å². The molecule has 5 heteroatoms. The van der Waals surface area contributed by atoms with Crippen molar-refractivity contribution in [2.75, 3.05) is 33.8 Å². The van der Waals surface area contributed by atoms with Gasteiger partial charge >= 0.3 is 5.97 Å². The number of esters is 1. The number of carbonyl (C=O) groups is 1. The summed E-state index contributed by atoms with van der Waals surface area (Å²) in [6, 6.07) is -0.0588. The quantitative estimate of drug-likeness (QED) is 0.686. The second-order valence-electron chi connectivity index (χ2n) is 4.93. The van der Waals surface area contributed by atoms with Crippen LogP contribution in [-0.2, 0) is 9.53 Å². The van der Waals surface area contributed by atoms with Gasteiger partial charge in [-0.2, -0.15) is 0 Å². The lowest BCUT2D eigenvalue weighted by atomic mass is 10.1. The molecule has 0 bridgehead atoms. The fourth-order valence-electron chi connectivity index (χ4n) is 2.39. The summed E-state index contributed by atoms with van der Waals surface area (Å²) in [6.45, 7) is 5.46. The number of likely N-dealkylation sites (tertiary alicyclic amines) is 1. The third-order valence-electron chi connectivity index (χ3n) is 3.14. The maximum Gasteiger partial charge on any atom is 0.323 e. The molecular formula is C12H24N2O3. The number of β-amino-alcohol motifs (C(OH)–C–C–N with tert-alkyl or cyclic N) is 1. The smallest absolute Gasteiger partial charge is 0.323 e. The van der Waals surface area contributed by atoms with E-state index in [0.29, 0.717) is 13.2 Å². The van der Waals surface area contributed by atoms with E-state index in [2.05, 4.69) is 4.90 Å². The molecule has 1 heterocycles. The molecule has 0 aliphatic carbocycles. The summed E-state index contributed by atoms with van der Waals surface area (Å²) < 4.78 is 5.03. The predicted molar refractivity (Wildman–Crippen MR) is 65.8 cm³/mol. The highest BCUT2D eigenvalue weighted by Gasteiger charge is 2.37. The summed E-state index contributed by atoms with van der Waals surface area (Å²) in [5.41, 5.74) is 0. The van der Waals surface area contributed by atoms with Gasteiger partial charge in [-0.15, -0.1) is 0 Å². The lowest BCUT2D eigenvalue weighted by molar-refractivity contribution is -0.149. The highest BCUT2D eigenvalue weighted by Crippen LogP contribution is 2.21. The van der Waals surface area contributed by atoms with Gasteiger partial charge in [0, 0.05) is 19.1 Å². The van der Waals surface area contributed by atoms with E-state index in [0.717, 1.165) is 13.0 Å². The van der Waals surface area contributed by atoms with E-state index in [1.54, 1.807) is 6.92 Å². The van der Waals surface area contributed by atoms with Crippen LogP contribution < -0.4 is 0 Å². The van der Waals surface area contributed by atoms with Crippen LogP contribution in [0.4, 0.5) is 0 Å². The number of ether oxygens (including phenoxy) is 1. The molecule has 0 aromatic carbocycles. The van der Waals surface area contributed by atoms with Crippen LogP contribution in [0.5, 0.6) is 0 Å². The molecule has 17 heavy (non-hydrogen) atoms. The maximum absolute atomic E-state index is 11.7.